The Morgan fingerprint density at radius 3 is 3.00 bits per heavy atom. The highest BCUT2D eigenvalue weighted by molar-refractivity contribution is 6.07. The SMILES string of the molecule is COc1c(F)cccc1Nc1c2[nH]c3c1C(=O)NC[C@@H]3CN(C)CCCCCOc1cnccc1-2. The van der Waals surface area contributed by atoms with E-state index >= 15 is 0 Å². The third-order valence-electron chi connectivity index (χ3n) is 6.63. The molecule has 2 bridgehead atoms. The maximum absolute atomic E-state index is 14.5. The topological polar surface area (TPSA) is 91.5 Å². The van der Waals surface area contributed by atoms with Crippen LogP contribution in [0.1, 0.15) is 41.2 Å². The number of amides is 1. The van der Waals surface area contributed by atoms with Crippen LogP contribution in [-0.4, -0.2) is 61.2 Å². The van der Waals surface area contributed by atoms with Gasteiger partial charge in [0.05, 0.1) is 42.5 Å². The van der Waals surface area contributed by atoms with Gasteiger partial charge in [-0.2, -0.15) is 0 Å². The second kappa shape index (κ2) is 9.95. The number of pyridine rings is 1. The molecule has 0 spiro atoms. The number of nitrogens with zero attached hydrogens (tertiary/aromatic N) is 2. The molecule has 35 heavy (non-hydrogen) atoms. The van der Waals surface area contributed by atoms with Crippen molar-refractivity contribution < 1.29 is 18.7 Å². The van der Waals surface area contributed by atoms with E-state index in [1.807, 2.05) is 6.07 Å². The number of hydrogen-bond acceptors (Lipinski definition) is 6. The zero-order valence-electron chi connectivity index (χ0n) is 20.0. The number of aromatic nitrogens is 2. The molecule has 0 aliphatic carbocycles. The number of H-pyrrole nitrogens is 1. The first-order valence-electron chi connectivity index (χ1n) is 12.0. The molecule has 2 aliphatic heterocycles. The van der Waals surface area contributed by atoms with Crippen LogP contribution in [0.3, 0.4) is 0 Å². The highest BCUT2D eigenvalue weighted by Gasteiger charge is 2.34. The molecule has 8 nitrogen and oxygen atoms in total. The van der Waals surface area contributed by atoms with Crippen molar-refractivity contribution in [3.05, 3.63) is 53.7 Å². The molecule has 4 heterocycles. The molecule has 184 valence electrons. The molecule has 1 amide bonds. The number of benzene rings is 1. The summed E-state index contributed by atoms with van der Waals surface area (Å²) in [6.45, 7) is 2.89. The van der Waals surface area contributed by atoms with E-state index in [2.05, 4.69) is 32.5 Å². The number of rotatable bonds is 3. The minimum atomic E-state index is -0.487. The fourth-order valence-electron chi connectivity index (χ4n) is 4.91. The molecule has 0 saturated heterocycles. The number of ether oxygens (including phenoxy) is 2. The first kappa shape index (κ1) is 23.2. The monoisotopic (exact) mass is 479 g/mol. The quantitative estimate of drug-likeness (QED) is 0.519. The molecule has 3 N–H and O–H groups in total. The Labute approximate surface area is 203 Å². The van der Waals surface area contributed by atoms with Gasteiger partial charge in [0.15, 0.2) is 11.6 Å². The van der Waals surface area contributed by atoms with Crippen LogP contribution in [0.2, 0.25) is 0 Å². The van der Waals surface area contributed by atoms with Crippen LogP contribution in [0.5, 0.6) is 11.5 Å². The summed E-state index contributed by atoms with van der Waals surface area (Å²) in [4.78, 5) is 23.3. The molecule has 0 saturated carbocycles. The number of para-hydroxylation sites is 1. The molecule has 0 unspecified atom stereocenters. The van der Waals surface area contributed by atoms with Crippen molar-refractivity contribution >= 4 is 17.3 Å². The summed E-state index contributed by atoms with van der Waals surface area (Å²) in [7, 11) is 3.53. The van der Waals surface area contributed by atoms with Crippen molar-refractivity contribution in [3.8, 4) is 22.8 Å². The van der Waals surface area contributed by atoms with Crippen LogP contribution >= 0.6 is 0 Å². The molecule has 3 aromatic rings. The summed E-state index contributed by atoms with van der Waals surface area (Å²) >= 11 is 0. The molecule has 2 aromatic heterocycles. The number of fused-ring (bicyclic) bond motifs is 3. The zero-order valence-corrected chi connectivity index (χ0v) is 20.0. The average molecular weight is 480 g/mol. The second-order valence-electron chi connectivity index (χ2n) is 9.06. The van der Waals surface area contributed by atoms with E-state index in [1.165, 1.54) is 13.2 Å². The lowest BCUT2D eigenvalue weighted by Gasteiger charge is -2.28. The van der Waals surface area contributed by atoms with Gasteiger partial charge < -0.3 is 30.0 Å². The Morgan fingerprint density at radius 1 is 1.26 bits per heavy atom. The fourth-order valence-corrected chi connectivity index (χ4v) is 4.91. The number of halogens is 1. The Bertz CT molecular complexity index is 1230. The van der Waals surface area contributed by atoms with Gasteiger partial charge in [0.1, 0.15) is 5.75 Å². The number of methoxy groups -OCH3 is 1. The third-order valence-corrected chi connectivity index (χ3v) is 6.63. The smallest absolute Gasteiger partial charge is 0.255 e. The van der Waals surface area contributed by atoms with Crippen molar-refractivity contribution in [1.82, 2.24) is 20.2 Å². The summed E-state index contributed by atoms with van der Waals surface area (Å²) in [5.74, 6) is 0.119. The summed E-state index contributed by atoms with van der Waals surface area (Å²) in [5, 5.41) is 6.35. The van der Waals surface area contributed by atoms with Gasteiger partial charge in [0, 0.05) is 36.5 Å². The highest BCUT2D eigenvalue weighted by Crippen LogP contribution is 2.43. The zero-order chi connectivity index (χ0) is 24.4. The van der Waals surface area contributed by atoms with E-state index in [1.54, 1.807) is 24.5 Å². The van der Waals surface area contributed by atoms with Gasteiger partial charge in [0.25, 0.3) is 5.91 Å². The van der Waals surface area contributed by atoms with Gasteiger partial charge in [-0.15, -0.1) is 0 Å². The maximum Gasteiger partial charge on any atom is 0.255 e. The molecule has 0 fully saturated rings. The standard InChI is InChI=1S/C26H30FN5O3/c1-32-11-4-3-5-12-35-20-14-28-10-9-17(20)23-24(30-19-8-6-7-18(27)25(19)34-2)21-22(31-23)16(15-32)13-29-26(21)33/h6-10,14,16,30-31H,3-5,11-13,15H2,1-2H3,(H,29,33)/t16-/m1/s1. The molecule has 2 aliphatic rings. The molecule has 9 heteroatoms. The van der Waals surface area contributed by atoms with Crippen molar-refractivity contribution in [1.29, 1.82) is 0 Å². The first-order chi connectivity index (χ1) is 17.1. The Hall–Kier alpha value is -3.59. The maximum atomic E-state index is 14.5. The largest absolute Gasteiger partial charge is 0.492 e. The van der Waals surface area contributed by atoms with Crippen LogP contribution in [0.25, 0.3) is 11.3 Å². The summed E-state index contributed by atoms with van der Waals surface area (Å²) in [6.07, 6.45) is 6.48. The Kier molecular flexibility index (Phi) is 6.59. The Balaban J connectivity index is 1.70. The van der Waals surface area contributed by atoms with Crippen LogP contribution in [0, 0.1) is 5.82 Å². The van der Waals surface area contributed by atoms with Crippen LogP contribution in [0.15, 0.2) is 36.7 Å². The number of carbonyl (C=O) groups is 1. The van der Waals surface area contributed by atoms with Gasteiger partial charge in [-0.05, 0) is 51.1 Å². The summed E-state index contributed by atoms with van der Waals surface area (Å²) < 4.78 is 25.9. The number of hydrogen-bond donors (Lipinski definition) is 3. The first-order valence-corrected chi connectivity index (χ1v) is 12.0. The molecular weight excluding hydrogens is 449 g/mol. The molecule has 1 atom stereocenters. The van der Waals surface area contributed by atoms with Gasteiger partial charge in [-0.3, -0.25) is 9.78 Å². The minimum Gasteiger partial charge on any atom is -0.492 e. The van der Waals surface area contributed by atoms with Gasteiger partial charge in [-0.25, -0.2) is 4.39 Å². The number of aromatic amines is 1. The summed E-state index contributed by atoms with van der Waals surface area (Å²) in [5.41, 5.74) is 3.84. The molecule has 0 radical (unpaired) electrons. The van der Waals surface area contributed by atoms with E-state index < -0.39 is 5.82 Å². The second-order valence-corrected chi connectivity index (χ2v) is 9.06. The van der Waals surface area contributed by atoms with E-state index in [-0.39, 0.29) is 17.6 Å². The van der Waals surface area contributed by atoms with Gasteiger partial charge in [-0.1, -0.05) is 6.07 Å². The van der Waals surface area contributed by atoms with Crippen molar-refractivity contribution in [3.63, 3.8) is 0 Å². The minimum absolute atomic E-state index is 0.0746. The molecule has 1 aromatic carbocycles. The van der Waals surface area contributed by atoms with Crippen molar-refractivity contribution in [2.45, 2.75) is 25.2 Å². The predicted octanol–water partition coefficient (Wildman–Crippen LogP) is 4.29. The number of carbonyl (C=O) groups excluding carboxylic acids is 1. The molecular formula is C26H30FN5O3. The summed E-state index contributed by atoms with van der Waals surface area (Å²) in [6, 6.07) is 6.54. The Morgan fingerprint density at radius 2 is 2.14 bits per heavy atom. The predicted molar refractivity (Wildman–Crippen MR) is 132 cm³/mol. The van der Waals surface area contributed by atoms with Gasteiger partial charge >= 0.3 is 0 Å². The van der Waals surface area contributed by atoms with E-state index in [0.29, 0.717) is 41.5 Å². The van der Waals surface area contributed by atoms with E-state index in [9.17, 15) is 9.18 Å². The number of anilines is 2. The highest BCUT2D eigenvalue weighted by atomic mass is 19.1. The van der Waals surface area contributed by atoms with Gasteiger partial charge in [0.2, 0.25) is 0 Å². The normalized spacial score (nSPS) is 18.6. The van der Waals surface area contributed by atoms with Crippen molar-refractivity contribution in [2.75, 3.05) is 45.7 Å². The molecule has 5 rings (SSSR count). The lowest BCUT2D eigenvalue weighted by atomic mass is 9.95. The van der Waals surface area contributed by atoms with Crippen LogP contribution in [-0.2, 0) is 0 Å². The van der Waals surface area contributed by atoms with E-state index in [0.717, 1.165) is 43.6 Å². The van der Waals surface area contributed by atoms with Crippen LogP contribution in [0.4, 0.5) is 15.8 Å². The number of likely N-dealkylation sites (N-methyl/N-ethyl adjacent to an activating group) is 1. The fraction of sp³-hybridized carbons (Fsp3) is 0.385. The van der Waals surface area contributed by atoms with Crippen LogP contribution < -0.4 is 20.1 Å². The lowest BCUT2D eigenvalue weighted by Crippen LogP contribution is -2.39. The third kappa shape index (κ3) is 4.55. The average Bonchev–Trinajstić information content (AvgIpc) is 3.23. The number of nitrogens with one attached hydrogen (secondary N) is 3. The lowest BCUT2D eigenvalue weighted by molar-refractivity contribution is 0.0937. The van der Waals surface area contributed by atoms with E-state index in [4.69, 9.17) is 9.47 Å². The van der Waals surface area contributed by atoms with Crippen molar-refractivity contribution in [2.24, 2.45) is 0 Å².